The number of hydrogen-bond donors (Lipinski definition) is 1. The van der Waals surface area contributed by atoms with Crippen molar-refractivity contribution in [2.24, 2.45) is 0 Å². The maximum atomic E-state index is 13.8. The Labute approximate surface area is 192 Å². The molecule has 4 rings (SSSR count). The van der Waals surface area contributed by atoms with Gasteiger partial charge >= 0.3 is 0 Å². The van der Waals surface area contributed by atoms with Crippen LogP contribution in [-0.2, 0) is 17.9 Å². The van der Waals surface area contributed by atoms with Crippen molar-refractivity contribution in [3.05, 3.63) is 82.6 Å². The molecule has 0 unspecified atom stereocenters. The van der Waals surface area contributed by atoms with Gasteiger partial charge in [0.05, 0.1) is 31.0 Å². The van der Waals surface area contributed by atoms with E-state index in [4.69, 9.17) is 25.8 Å². The molecular weight excluding hydrogens is 431 g/mol. The fourth-order valence-corrected chi connectivity index (χ4v) is 3.89. The number of anilines is 2. The Balaban J connectivity index is 1.38. The zero-order valence-electron chi connectivity index (χ0n) is 17.9. The first-order valence-corrected chi connectivity index (χ1v) is 10.9. The SMILES string of the molecule is COc1cc(CNc2ccc(N3CCOCC3)c(Cl)c2)ccc1OCc1ccccc1F. The summed E-state index contributed by atoms with van der Waals surface area (Å²) in [5.74, 6) is 0.879. The molecule has 0 bridgehead atoms. The summed E-state index contributed by atoms with van der Waals surface area (Å²) >= 11 is 6.52. The molecule has 0 aliphatic carbocycles. The van der Waals surface area contributed by atoms with E-state index in [9.17, 15) is 4.39 Å². The number of benzene rings is 3. The Morgan fingerprint density at radius 3 is 2.59 bits per heavy atom. The van der Waals surface area contributed by atoms with Crippen molar-refractivity contribution in [1.29, 1.82) is 0 Å². The van der Waals surface area contributed by atoms with Gasteiger partial charge in [0, 0.05) is 30.9 Å². The number of halogens is 2. The van der Waals surface area contributed by atoms with Crippen LogP contribution in [0.5, 0.6) is 11.5 Å². The average molecular weight is 457 g/mol. The molecule has 0 amide bonds. The monoisotopic (exact) mass is 456 g/mol. The molecule has 3 aromatic rings. The van der Waals surface area contributed by atoms with E-state index in [-0.39, 0.29) is 12.4 Å². The molecule has 0 spiro atoms. The van der Waals surface area contributed by atoms with Crippen LogP contribution in [0.25, 0.3) is 0 Å². The topological polar surface area (TPSA) is 43.0 Å². The van der Waals surface area contributed by atoms with E-state index >= 15 is 0 Å². The molecule has 0 atom stereocenters. The molecular formula is C25H26ClFN2O3. The molecule has 1 saturated heterocycles. The Bertz CT molecular complexity index is 1060. The van der Waals surface area contributed by atoms with Gasteiger partial charge in [0.2, 0.25) is 0 Å². The van der Waals surface area contributed by atoms with E-state index in [1.165, 1.54) is 6.07 Å². The Hall–Kier alpha value is -2.96. The lowest BCUT2D eigenvalue weighted by Crippen LogP contribution is -2.36. The summed E-state index contributed by atoms with van der Waals surface area (Å²) in [6.45, 7) is 3.86. The predicted molar refractivity (Wildman–Crippen MR) is 126 cm³/mol. The van der Waals surface area contributed by atoms with Crippen LogP contribution in [0, 0.1) is 5.82 Å². The van der Waals surface area contributed by atoms with Gasteiger partial charge in [-0.15, -0.1) is 0 Å². The number of hydrogen-bond acceptors (Lipinski definition) is 5. The van der Waals surface area contributed by atoms with E-state index in [2.05, 4.69) is 10.2 Å². The van der Waals surface area contributed by atoms with Crippen molar-refractivity contribution < 1.29 is 18.6 Å². The second-order valence-corrected chi connectivity index (χ2v) is 7.89. The Kier molecular flexibility index (Phi) is 7.35. The molecule has 1 aliphatic rings. The van der Waals surface area contributed by atoms with Crippen molar-refractivity contribution >= 4 is 23.0 Å². The van der Waals surface area contributed by atoms with Crippen molar-refractivity contribution in [1.82, 2.24) is 0 Å². The van der Waals surface area contributed by atoms with Gasteiger partial charge in [0.15, 0.2) is 11.5 Å². The van der Waals surface area contributed by atoms with Crippen molar-refractivity contribution in [3.8, 4) is 11.5 Å². The summed E-state index contributed by atoms with van der Waals surface area (Å²) in [4.78, 5) is 2.24. The normalized spacial score (nSPS) is 13.7. The van der Waals surface area contributed by atoms with Gasteiger partial charge < -0.3 is 24.4 Å². The largest absolute Gasteiger partial charge is 0.493 e. The van der Waals surface area contributed by atoms with Crippen LogP contribution in [0.4, 0.5) is 15.8 Å². The lowest BCUT2D eigenvalue weighted by atomic mass is 10.2. The van der Waals surface area contributed by atoms with Gasteiger partial charge in [0.25, 0.3) is 0 Å². The van der Waals surface area contributed by atoms with Crippen LogP contribution in [0.3, 0.4) is 0 Å². The van der Waals surface area contributed by atoms with E-state index in [0.29, 0.717) is 28.6 Å². The Morgan fingerprint density at radius 2 is 1.84 bits per heavy atom. The van der Waals surface area contributed by atoms with Crippen molar-refractivity contribution in [2.45, 2.75) is 13.2 Å². The highest BCUT2D eigenvalue weighted by Crippen LogP contribution is 2.31. The quantitative estimate of drug-likeness (QED) is 0.483. The van der Waals surface area contributed by atoms with Crippen LogP contribution in [0.2, 0.25) is 5.02 Å². The number of morpholine rings is 1. The first kappa shape index (κ1) is 22.2. The first-order chi connectivity index (χ1) is 15.6. The van der Waals surface area contributed by atoms with Gasteiger partial charge in [-0.2, -0.15) is 0 Å². The molecule has 32 heavy (non-hydrogen) atoms. The highest BCUT2D eigenvalue weighted by Gasteiger charge is 2.14. The van der Waals surface area contributed by atoms with Crippen LogP contribution in [0.1, 0.15) is 11.1 Å². The summed E-state index contributed by atoms with van der Waals surface area (Å²) in [6.07, 6.45) is 0. The van der Waals surface area contributed by atoms with Gasteiger partial charge in [0.1, 0.15) is 12.4 Å². The standard InChI is InChI=1S/C25H26ClFN2O3/c1-30-25-14-18(6-9-24(25)32-17-19-4-2-3-5-22(19)27)16-28-20-7-8-23(21(26)15-20)29-10-12-31-13-11-29/h2-9,14-15,28H,10-13,16-17H2,1H3. The lowest BCUT2D eigenvalue weighted by Gasteiger charge is -2.29. The van der Waals surface area contributed by atoms with Crippen molar-refractivity contribution in [3.63, 3.8) is 0 Å². The van der Waals surface area contributed by atoms with Crippen molar-refractivity contribution in [2.75, 3.05) is 43.6 Å². The number of methoxy groups -OCH3 is 1. The number of rotatable bonds is 8. The summed E-state index contributed by atoms with van der Waals surface area (Å²) in [6, 6.07) is 18.3. The number of ether oxygens (including phenoxy) is 3. The molecule has 1 fully saturated rings. The second-order valence-electron chi connectivity index (χ2n) is 7.48. The summed E-state index contributed by atoms with van der Waals surface area (Å²) < 4.78 is 30.5. The minimum Gasteiger partial charge on any atom is -0.493 e. The maximum absolute atomic E-state index is 13.8. The van der Waals surface area contributed by atoms with Crippen LogP contribution in [0.15, 0.2) is 60.7 Å². The van der Waals surface area contributed by atoms with Crippen LogP contribution >= 0.6 is 11.6 Å². The Morgan fingerprint density at radius 1 is 1.03 bits per heavy atom. The van der Waals surface area contributed by atoms with Gasteiger partial charge in [-0.05, 0) is 42.0 Å². The molecule has 1 aliphatic heterocycles. The fraction of sp³-hybridized carbons (Fsp3) is 0.280. The van der Waals surface area contributed by atoms with E-state index in [1.54, 1.807) is 25.3 Å². The second kappa shape index (κ2) is 10.6. The van der Waals surface area contributed by atoms with Gasteiger partial charge in [-0.1, -0.05) is 35.9 Å². The average Bonchev–Trinajstić information content (AvgIpc) is 2.83. The third-order valence-electron chi connectivity index (χ3n) is 5.37. The molecule has 0 aromatic heterocycles. The maximum Gasteiger partial charge on any atom is 0.161 e. The zero-order chi connectivity index (χ0) is 22.3. The molecule has 0 radical (unpaired) electrons. The van der Waals surface area contributed by atoms with Crippen LogP contribution in [-0.4, -0.2) is 33.4 Å². The molecule has 1 N–H and O–H groups in total. The first-order valence-electron chi connectivity index (χ1n) is 10.5. The lowest BCUT2D eigenvalue weighted by molar-refractivity contribution is 0.122. The predicted octanol–water partition coefficient (Wildman–Crippen LogP) is 5.52. The molecule has 1 heterocycles. The summed E-state index contributed by atoms with van der Waals surface area (Å²) in [7, 11) is 1.59. The smallest absolute Gasteiger partial charge is 0.161 e. The summed E-state index contributed by atoms with van der Waals surface area (Å²) in [5, 5.41) is 4.11. The molecule has 0 saturated carbocycles. The van der Waals surface area contributed by atoms with Crippen LogP contribution < -0.4 is 19.7 Å². The number of nitrogens with one attached hydrogen (secondary N) is 1. The van der Waals surface area contributed by atoms with Gasteiger partial charge in [-0.25, -0.2) is 4.39 Å². The third kappa shape index (κ3) is 5.44. The summed E-state index contributed by atoms with van der Waals surface area (Å²) in [5.41, 5.74) is 3.48. The van der Waals surface area contributed by atoms with E-state index in [1.807, 2.05) is 36.4 Å². The molecule has 3 aromatic carbocycles. The minimum atomic E-state index is -0.286. The zero-order valence-corrected chi connectivity index (χ0v) is 18.7. The molecule has 168 valence electrons. The van der Waals surface area contributed by atoms with E-state index in [0.717, 1.165) is 43.2 Å². The molecule has 7 heteroatoms. The molecule has 5 nitrogen and oxygen atoms in total. The van der Waals surface area contributed by atoms with E-state index < -0.39 is 0 Å². The van der Waals surface area contributed by atoms with Gasteiger partial charge in [-0.3, -0.25) is 0 Å². The highest BCUT2D eigenvalue weighted by atomic mass is 35.5. The highest BCUT2D eigenvalue weighted by molar-refractivity contribution is 6.33. The fourth-order valence-electron chi connectivity index (χ4n) is 3.59. The third-order valence-corrected chi connectivity index (χ3v) is 5.67. The number of nitrogens with zero attached hydrogens (tertiary/aromatic N) is 1. The minimum absolute atomic E-state index is 0.134.